The number of ether oxygens (including phenoxy) is 1. The van der Waals surface area contributed by atoms with Crippen LogP contribution < -0.4 is 4.74 Å². The Balaban J connectivity index is 1.94. The van der Waals surface area contributed by atoms with Crippen molar-refractivity contribution in [3.63, 3.8) is 0 Å². The van der Waals surface area contributed by atoms with Crippen LogP contribution in [0.5, 0.6) is 5.75 Å². The van der Waals surface area contributed by atoms with E-state index in [1.807, 2.05) is 0 Å². The Hall–Kier alpha value is -1.91. The van der Waals surface area contributed by atoms with Crippen LogP contribution in [0.4, 0.5) is 0 Å². The Morgan fingerprint density at radius 3 is 3.00 bits per heavy atom. The van der Waals surface area contributed by atoms with Crippen molar-refractivity contribution in [1.82, 2.24) is 15.1 Å². The molecule has 0 amide bonds. The molecular formula is C8H7N3O2. The first-order chi connectivity index (χ1) is 6.45. The lowest BCUT2D eigenvalue weighted by Crippen LogP contribution is -1.97. The lowest BCUT2D eigenvalue weighted by atomic mass is 10.5. The summed E-state index contributed by atoms with van der Waals surface area (Å²) in [5.74, 6) is 0.589. The van der Waals surface area contributed by atoms with E-state index in [1.54, 1.807) is 18.6 Å². The fourth-order valence-corrected chi connectivity index (χ4v) is 0.828. The quantitative estimate of drug-likeness (QED) is 0.701. The summed E-state index contributed by atoms with van der Waals surface area (Å²) in [5.41, 5.74) is 0.767. The van der Waals surface area contributed by atoms with Crippen molar-refractivity contribution >= 4 is 0 Å². The Kier molecular flexibility index (Phi) is 2.18. The monoisotopic (exact) mass is 177 g/mol. The topological polar surface area (TPSA) is 61.0 Å². The maximum Gasteiger partial charge on any atom is 0.179 e. The van der Waals surface area contributed by atoms with Gasteiger partial charge in [-0.15, -0.1) is 0 Å². The van der Waals surface area contributed by atoms with E-state index in [0.29, 0.717) is 12.4 Å². The van der Waals surface area contributed by atoms with Crippen LogP contribution >= 0.6 is 0 Å². The van der Waals surface area contributed by atoms with Gasteiger partial charge in [-0.3, -0.25) is 9.97 Å². The fraction of sp³-hybridized carbons (Fsp3) is 0.125. The van der Waals surface area contributed by atoms with Crippen molar-refractivity contribution in [2.75, 3.05) is 0 Å². The standard InChI is InChI=1S/C8H7N3O2/c1-2-10-7(3-9-1)5-12-8-4-11-13-6-8/h1-4,6H,5H2. The zero-order chi connectivity index (χ0) is 8.93. The van der Waals surface area contributed by atoms with Crippen molar-refractivity contribution in [3.8, 4) is 5.75 Å². The smallest absolute Gasteiger partial charge is 0.179 e. The molecule has 0 N–H and O–H groups in total. The first-order valence-corrected chi connectivity index (χ1v) is 3.72. The van der Waals surface area contributed by atoms with E-state index >= 15 is 0 Å². The summed E-state index contributed by atoms with van der Waals surface area (Å²) in [6.07, 6.45) is 7.80. The molecule has 0 aliphatic rings. The second-order valence-corrected chi connectivity index (χ2v) is 2.35. The fourth-order valence-electron chi connectivity index (χ4n) is 0.828. The number of hydrogen-bond donors (Lipinski definition) is 0. The zero-order valence-corrected chi connectivity index (χ0v) is 6.75. The highest BCUT2D eigenvalue weighted by Crippen LogP contribution is 2.08. The van der Waals surface area contributed by atoms with Gasteiger partial charge >= 0.3 is 0 Å². The molecule has 13 heavy (non-hydrogen) atoms. The minimum Gasteiger partial charge on any atom is -0.482 e. The van der Waals surface area contributed by atoms with Crippen molar-refractivity contribution < 1.29 is 9.26 Å². The number of rotatable bonds is 3. The van der Waals surface area contributed by atoms with E-state index in [1.165, 1.54) is 12.5 Å². The van der Waals surface area contributed by atoms with Crippen molar-refractivity contribution in [2.45, 2.75) is 6.61 Å². The molecule has 66 valence electrons. The predicted molar refractivity (Wildman–Crippen MR) is 42.9 cm³/mol. The Labute approximate surface area is 74.4 Å². The summed E-state index contributed by atoms with van der Waals surface area (Å²) in [4.78, 5) is 7.94. The number of aromatic nitrogens is 3. The molecule has 0 atom stereocenters. The van der Waals surface area contributed by atoms with Crippen LogP contribution in [0.15, 0.2) is 35.6 Å². The number of nitrogens with zero attached hydrogens (tertiary/aromatic N) is 3. The molecule has 0 fully saturated rings. The third kappa shape index (κ3) is 2.02. The van der Waals surface area contributed by atoms with Gasteiger partial charge in [0.05, 0.1) is 11.9 Å². The van der Waals surface area contributed by atoms with Gasteiger partial charge in [0, 0.05) is 12.4 Å². The maximum atomic E-state index is 5.27. The molecule has 2 rings (SSSR count). The van der Waals surface area contributed by atoms with Crippen molar-refractivity contribution in [3.05, 3.63) is 36.7 Å². The molecule has 0 spiro atoms. The second-order valence-electron chi connectivity index (χ2n) is 2.35. The normalized spacial score (nSPS) is 9.85. The first-order valence-electron chi connectivity index (χ1n) is 3.72. The van der Waals surface area contributed by atoms with Crippen LogP contribution in [0.1, 0.15) is 5.69 Å². The SMILES string of the molecule is c1cnc(COc2cnoc2)cn1. The minimum atomic E-state index is 0.370. The summed E-state index contributed by atoms with van der Waals surface area (Å²) >= 11 is 0. The molecule has 5 heteroatoms. The van der Waals surface area contributed by atoms with Crippen LogP contribution in [0.2, 0.25) is 0 Å². The average molecular weight is 177 g/mol. The zero-order valence-electron chi connectivity index (χ0n) is 6.75. The molecule has 2 aromatic rings. The average Bonchev–Trinajstić information content (AvgIpc) is 2.69. The van der Waals surface area contributed by atoms with Gasteiger partial charge < -0.3 is 9.26 Å². The first kappa shape index (κ1) is 7.72. The summed E-state index contributed by atoms with van der Waals surface area (Å²) in [7, 11) is 0. The molecule has 0 radical (unpaired) electrons. The highest BCUT2D eigenvalue weighted by atomic mass is 16.5. The largest absolute Gasteiger partial charge is 0.482 e. The van der Waals surface area contributed by atoms with E-state index in [4.69, 9.17) is 4.74 Å². The Bertz CT molecular complexity index is 347. The van der Waals surface area contributed by atoms with Crippen molar-refractivity contribution in [2.24, 2.45) is 0 Å². The molecule has 0 saturated heterocycles. The Morgan fingerprint density at radius 1 is 1.31 bits per heavy atom. The van der Waals surface area contributed by atoms with Gasteiger partial charge in [0.15, 0.2) is 12.0 Å². The van der Waals surface area contributed by atoms with Crippen LogP contribution in [0.3, 0.4) is 0 Å². The highest BCUT2D eigenvalue weighted by Gasteiger charge is 1.97. The summed E-state index contributed by atoms with van der Waals surface area (Å²) < 4.78 is 9.87. The van der Waals surface area contributed by atoms with Gasteiger partial charge in [-0.25, -0.2) is 0 Å². The van der Waals surface area contributed by atoms with E-state index in [-0.39, 0.29) is 0 Å². The predicted octanol–water partition coefficient (Wildman–Crippen LogP) is 1.04. The highest BCUT2D eigenvalue weighted by molar-refractivity contribution is 5.08. The molecule has 0 saturated carbocycles. The van der Waals surface area contributed by atoms with E-state index in [2.05, 4.69) is 19.6 Å². The van der Waals surface area contributed by atoms with Crippen LogP contribution in [0, 0.1) is 0 Å². The van der Waals surface area contributed by atoms with Gasteiger partial charge in [-0.1, -0.05) is 5.16 Å². The van der Waals surface area contributed by atoms with Gasteiger partial charge in [-0.05, 0) is 0 Å². The van der Waals surface area contributed by atoms with Gasteiger partial charge in [0.25, 0.3) is 0 Å². The molecule has 0 aliphatic carbocycles. The van der Waals surface area contributed by atoms with E-state index in [9.17, 15) is 0 Å². The van der Waals surface area contributed by atoms with Gasteiger partial charge in [0.2, 0.25) is 0 Å². The summed E-state index contributed by atoms with van der Waals surface area (Å²) in [5, 5.41) is 3.50. The number of hydrogen-bond acceptors (Lipinski definition) is 5. The lowest BCUT2D eigenvalue weighted by molar-refractivity contribution is 0.296. The van der Waals surface area contributed by atoms with Crippen molar-refractivity contribution in [1.29, 1.82) is 0 Å². The van der Waals surface area contributed by atoms with Crippen LogP contribution in [-0.4, -0.2) is 15.1 Å². The summed E-state index contributed by atoms with van der Waals surface area (Å²) in [6.45, 7) is 0.370. The van der Waals surface area contributed by atoms with Gasteiger partial charge in [0.1, 0.15) is 12.8 Å². The third-order valence-corrected chi connectivity index (χ3v) is 1.41. The third-order valence-electron chi connectivity index (χ3n) is 1.41. The molecule has 0 aromatic carbocycles. The minimum absolute atomic E-state index is 0.370. The molecular weight excluding hydrogens is 170 g/mol. The summed E-state index contributed by atoms with van der Waals surface area (Å²) in [6, 6.07) is 0. The van der Waals surface area contributed by atoms with Crippen LogP contribution in [-0.2, 0) is 6.61 Å². The lowest BCUT2D eigenvalue weighted by Gasteiger charge is -1.99. The molecule has 0 bridgehead atoms. The van der Waals surface area contributed by atoms with E-state index in [0.717, 1.165) is 5.69 Å². The molecule has 0 unspecified atom stereocenters. The molecule has 2 aromatic heterocycles. The maximum absolute atomic E-state index is 5.27. The Morgan fingerprint density at radius 2 is 2.31 bits per heavy atom. The molecule has 5 nitrogen and oxygen atoms in total. The van der Waals surface area contributed by atoms with E-state index < -0.39 is 0 Å². The second kappa shape index (κ2) is 3.66. The van der Waals surface area contributed by atoms with Gasteiger partial charge in [-0.2, -0.15) is 0 Å². The molecule has 0 aliphatic heterocycles. The van der Waals surface area contributed by atoms with Crippen LogP contribution in [0.25, 0.3) is 0 Å². The molecule has 2 heterocycles.